The highest BCUT2D eigenvalue weighted by molar-refractivity contribution is 5.41. The highest BCUT2D eigenvalue weighted by Crippen LogP contribution is 2.17. The predicted molar refractivity (Wildman–Crippen MR) is 96.5 cm³/mol. The molecule has 2 heterocycles. The molecule has 0 atom stereocenters. The minimum absolute atomic E-state index is 0.593. The standard InChI is InChI=1S/C17H28N6O/c1-2-22-10-12-23(13-11-22)17-8-7-16(15-19-17)24-14-6-4-3-5-9-20-21-18/h7-8,15H,2-6,9-14H2,1H3. The molecule has 0 saturated carbocycles. The Morgan fingerprint density at radius 3 is 2.62 bits per heavy atom. The number of nitrogens with zero attached hydrogens (tertiary/aromatic N) is 6. The number of piperazine rings is 1. The molecule has 0 spiro atoms. The molecular weight excluding hydrogens is 304 g/mol. The van der Waals surface area contributed by atoms with Crippen LogP contribution >= 0.6 is 0 Å². The second-order valence-corrected chi connectivity index (χ2v) is 5.99. The van der Waals surface area contributed by atoms with E-state index < -0.39 is 0 Å². The molecule has 2 rings (SSSR count). The number of ether oxygens (including phenoxy) is 1. The molecule has 0 amide bonds. The first-order chi connectivity index (χ1) is 11.8. The van der Waals surface area contributed by atoms with Gasteiger partial charge >= 0.3 is 0 Å². The van der Waals surface area contributed by atoms with Crippen molar-refractivity contribution in [3.63, 3.8) is 0 Å². The van der Waals surface area contributed by atoms with Gasteiger partial charge in [0, 0.05) is 37.6 Å². The Balaban J connectivity index is 1.62. The van der Waals surface area contributed by atoms with Gasteiger partial charge in [-0.3, -0.25) is 0 Å². The quantitative estimate of drug-likeness (QED) is 0.284. The number of aromatic nitrogens is 1. The molecular formula is C17H28N6O. The number of pyridine rings is 1. The molecule has 0 radical (unpaired) electrons. The zero-order valence-electron chi connectivity index (χ0n) is 14.6. The Kier molecular flexibility index (Phi) is 8.21. The topological polar surface area (TPSA) is 77.4 Å². The molecule has 0 aromatic carbocycles. The zero-order chi connectivity index (χ0) is 17.0. The average Bonchev–Trinajstić information content (AvgIpc) is 2.64. The first-order valence-corrected chi connectivity index (χ1v) is 8.90. The molecule has 1 aromatic rings. The maximum Gasteiger partial charge on any atom is 0.137 e. The third-order valence-corrected chi connectivity index (χ3v) is 4.35. The van der Waals surface area contributed by atoms with E-state index in [2.05, 4.69) is 37.8 Å². The molecule has 7 heteroatoms. The smallest absolute Gasteiger partial charge is 0.137 e. The lowest BCUT2D eigenvalue weighted by atomic mass is 10.2. The summed E-state index contributed by atoms with van der Waals surface area (Å²) in [5.74, 6) is 1.87. The van der Waals surface area contributed by atoms with Crippen molar-refractivity contribution in [2.45, 2.75) is 32.6 Å². The average molecular weight is 332 g/mol. The second-order valence-electron chi connectivity index (χ2n) is 5.99. The van der Waals surface area contributed by atoms with E-state index in [1.54, 1.807) is 0 Å². The number of hydrogen-bond acceptors (Lipinski definition) is 5. The fourth-order valence-electron chi connectivity index (χ4n) is 2.81. The fourth-order valence-corrected chi connectivity index (χ4v) is 2.81. The molecule has 0 aliphatic carbocycles. The lowest BCUT2D eigenvalue weighted by Gasteiger charge is -2.34. The minimum Gasteiger partial charge on any atom is -0.492 e. The van der Waals surface area contributed by atoms with Crippen molar-refractivity contribution < 1.29 is 4.74 Å². The Morgan fingerprint density at radius 1 is 1.17 bits per heavy atom. The van der Waals surface area contributed by atoms with Crippen LogP contribution in [0, 0.1) is 0 Å². The Labute approximate surface area is 144 Å². The van der Waals surface area contributed by atoms with Crippen molar-refractivity contribution in [2.75, 3.05) is 50.8 Å². The van der Waals surface area contributed by atoms with E-state index in [0.717, 1.165) is 70.0 Å². The van der Waals surface area contributed by atoms with Gasteiger partial charge in [0.05, 0.1) is 12.8 Å². The molecule has 0 unspecified atom stereocenters. The zero-order valence-corrected chi connectivity index (χ0v) is 14.6. The van der Waals surface area contributed by atoms with Gasteiger partial charge in [0.15, 0.2) is 0 Å². The Bertz CT molecular complexity index is 506. The van der Waals surface area contributed by atoms with Gasteiger partial charge in [-0.25, -0.2) is 4.98 Å². The highest BCUT2D eigenvalue weighted by Gasteiger charge is 2.16. The van der Waals surface area contributed by atoms with Crippen LogP contribution in [0.4, 0.5) is 5.82 Å². The summed E-state index contributed by atoms with van der Waals surface area (Å²) >= 11 is 0. The van der Waals surface area contributed by atoms with Gasteiger partial charge in [0.1, 0.15) is 11.6 Å². The van der Waals surface area contributed by atoms with E-state index in [1.165, 1.54) is 0 Å². The monoisotopic (exact) mass is 332 g/mol. The molecule has 1 aliphatic rings. The summed E-state index contributed by atoms with van der Waals surface area (Å²) in [7, 11) is 0. The third-order valence-electron chi connectivity index (χ3n) is 4.35. The number of likely N-dealkylation sites (N-methyl/N-ethyl adjacent to an activating group) is 1. The molecule has 0 N–H and O–H groups in total. The number of unbranched alkanes of at least 4 members (excludes halogenated alkanes) is 3. The molecule has 0 bridgehead atoms. The van der Waals surface area contributed by atoms with Crippen LogP contribution in [0.1, 0.15) is 32.6 Å². The lowest BCUT2D eigenvalue weighted by Crippen LogP contribution is -2.46. The first kappa shape index (κ1) is 18.4. The molecule has 1 saturated heterocycles. The van der Waals surface area contributed by atoms with Crippen LogP contribution in [0.15, 0.2) is 23.4 Å². The van der Waals surface area contributed by atoms with Crippen molar-refractivity contribution in [3.05, 3.63) is 28.8 Å². The van der Waals surface area contributed by atoms with E-state index in [1.807, 2.05) is 12.3 Å². The summed E-state index contributed by atoms with van der Waals surface area (Å²) in [4.78, 5) is 12.1. The first-order valence-electron chi connectivity index (χ1n) is 8.90. The predicted octanol–water partition coefficient (Wildman–Crippen LogP) is 3.47. The third kappa shape index (κ3) is 6.26. The lowest BCUT2D eigenvalue weighted by molar-refractivity contribution is 0.270. The van der Waals surface area contributed by atoms with Crippen molar-refractivity contribution in [1.82, 2.24) is 9.88 Å². The van der Waals surface area contributed by atoms with Gasteiger partial charge in [0.2, 0.25) is 0 Å². The van der Waals surface area contributed by atoms with Crippen LogP contribution < -0.4 is 9.64 Å². The van der Waals surface area contributed by atoms with Gasteiger partial charge in [0.25, 0.3) is 0 Å². The number of azide groups is 1. The molecule has 1 aliphatic heterocycles. The summed E-state index contributed by atoms with van der Waals surface area (Å²) < 4.78 is 5.74. The van der Waals surface area contributed by atoms with E-state index in [0.29, 0.717) is 13.2 Å². The van der Waals surface area contributed by atoms with Crippen LogP contribution in [-0.2, 0) is 0 Å². The van der Waals surface area contributed by atoms with Crippen molar-refractivity contribution in [1.29, 1.82) is 0 Å². The van der Waals surface area contributed by atoms with Crippen LogP contribution in [0.5, 0.6) is 5.75 Å². The Hall–Kier alpha value is -1.98. The molecule has 24 heavy (non-hydrogen) atoms. The van der Waals surface area contributed by atoms with Gasteiger partial charge in [-0.1, -0.05) is 24.9 Å². The largest absolute Gasteiger partial charge is 0.492 e. The Morgan fingerprint density at radius 2 is 1.96 bits per heavy atom. The van der Waals surface area contributed by atoms with E-state index in [9.17, 15) is 0 Å². The summed E-state index contributed by atoms with van der Waals surface area (Å²) in [6.45, 7) is 8.92. The highest BCUT2D eigenvalue weighted by atomic mass is 16.5. The number of rotatable bonds is 10. The maximum absolute atomic E-state index is 8.19. The van der Waals surface area contributed by atoms with Crippen LogP contribution in [0.2, 0.25) is 0 Å². The molecule has 1 aromatic heterocycles. The van der Waals surface area contributed by atoms with Gasteiger partial charge in [-0.15, -0.1) is 0 Å². The van der Waals surface area contributed by atoms with E-state index >= 15 is 0 Å². The van der Waals surface area contributed by atoms with Crippen molar-refractivity contribution in [3.8, 4) is 5.75 Å². The van der Waals surface area contributed by atoms with E-state index in [-0.39, 0.29) is 0 Å². The summed E-state index contributed by atoms with van der Waals surface area (Å²) in [5.41, 5.74) is 8.19. The van der Waals surface area contributed by atoms with Crippen LogP contribution in [-0.4, -0.2) is 55.8 Å². The van der Waals surface area contributed by atoms with Crippen LogP contribution in [0.3, 0.4) is 0 Å². The maximum atomic E-state index is 8.19. The molecule has 7 nitrogen and oxygen atoms in total. The van der Waals surface area contributed by atoms with Crippen molar-refractivity contribution in [2.24, 2.45) is 5.11 Å². The fraction of sp³-hybridized carbons (Fsp3) is 0.706. The minimum atomic E-state index is 0.593. The molecule has 1 fully saturated rings. The normalized spacial score (nSPS) is 15.1. The summed E-state index contributed by atoms with van der Waals surface area (Å²) in [5, 5.41) is 3.53. The van der Waals surface area contributed by atoms with Crippen molar-refractivity contribution >= 4 is 5.82 Å². The van der Waals surface area contributed by atoms with Gasteiger partial charge in [-0.05, 0) is 37.1 Å². The summed E-state index contributed by atoms with van der Waals surface area (Å²) in [6.07, 6.45) is 5.95. The van der Waals surface area contributed by atoms with Crippen LogP contribution in [0.25, 0.3) is 10.4 Å². The molecule has 132 valence electrons. The van der Waals surface area contributed by atoms with Gasteiger partial charge < -0.3 is 14.5 Å². The SMILES string of the molecule is CCN1CCN(c2ccc(OCCCCCCN=[N+]=[N-])cn2)CC1. The number of hydrogen-bond donors (Lipinski definition) is 0. The van der Waals surface area contributed by atoms with Gasteiger partial charge in [-0.2, -0.15) is 0 Å². The second kappa shape index (κ2) is 10.7. The number of anilines is 1. The summed E-state index contributed by atoms with van der Waals surface area (Å²) in [6, 6.07) is 4.06. The van der Waals surface area contributed by atoms with E-state index in [4.69, 9.17) is 10.3 Å².